The molecule has 3 N–H and O–H groups in total. The highest BCUT2D eigenvalue weighted by Gasteiger charge is 2.38. The molecule has 112 valence electrons. The highest BCUT2D eigenvalue weighted by molar-refractivity contribution is 5.73. The van der Waals surface area contributed by atoms with Gasteiger partial charge in [-0.25, -0.2) is 4.79 Å². The summed E-state index contributed by atoms with van der Waals surface area (Å²) in [7, 11) is 0. The van der Waals surface area contributed by atoms with Gasteiger partial charge in [0.05, 0.1) is 5.92 Å². The zero-order valence-electron chi connectivity index (χ0n) is 10.5. The average Bonchev–Trinajstić information content (AvgIpc) is 2.30. The third kappa shape index (κ3) is 7.00. The number of aliphatic carboxylic acids is 2. The molecule has 1 aliphatic rings. The van der Waals surface area contributed by atoms with Gasteiger partial charge in [-0.15, -0.1) is 0 Å². The number of halogens is 3. The molecule has 1 aliphatic heterocycles. The molecule has 0 amide bonds. The Morgan fingerprint density at radius 2 is 1.89 bits per heavy atom. The highest BCUT2D eigenvalue weighted by Crippen LogP contribution is 2.22. The number of carbonyl (C=O) groups is 2. The van der Waals surface area contributed by atoms with Crippen LogP contribution in [0.3, 0.4) is 0 Å². The Hall–Kier alpha value is -1.31. The lowest BCUT2D eigenvalue weighted by Gasteiger charge is -2.27. The molecule has 8 heteroatoms. The summed E-state index contributed by atoms with van der Waals surface area (Å²) < 4.78 is 31.7. The topological polar surface area (TPSA) is 86.6 Å². The van der Waals surface area contributed by atoms with Crippen molar-refractivity contribution in [1.82, 2.24) is 5.32 Å². The summed E-state index contributed by atoms with van der Waals surface area (Å²) >= 11 is 0. The fourth-order valence-corrected chi connectivity index (χ4v) is 1.93. The van der Waals surface area contributed by atoms with Crippen molar-refractivity contribution >= 4 is 11.9 Å². The van der Waals surface area contributed by atoms with E-state index in [4.69, 9.17) is 15.0 Å². The van der Waals surface area contributed by atoms with Crippen molar-refractivity contribution in [3.63, 3.8) is 0 Å². The van der Waals surface area contributed by atoms with Gasteiger partial charge >= 0.3 is 18.1 Å². The molecule has 5 nitrogen and oxygen atoms in total. The Labute approximate surface area is 108 Å². The van der Waals surface area contributed by atoms with Gasteiger partial charge in [-0.05, 0) is 38.3 Å². The van der Waals surface area contributed by atoms with Crippen LogP contribution < -0.4 is 5.32 Å². The zero-order valence-corrected chi connectivity index (χ0v) is 10.5. The van der Waals surface area contributed by atoms with E-state index < -0.39 is 18.1 Å². The molecule has 0 aliphatic carbocycles. The third-order valence-electron chi connectivity index (χ3n) is 2.90. The van der Waals surface area contributed by atoms with E-state index in [1.807, 2.05) is 6.92 Å². The second-order valence-corrected chi connectivity index (χ2v) is 4.26. The Morgan fingerprint density at radius 1 is 1.37 bits per heavy atom. The van der Waals surface area contributed by atoms with Crippen LogP contribution in [0.4, 0.5) is 13.2 Å². The van der Waals surface area contributed by atoms with Crippen LogP contribution in [0.1, 0.15) is 26.2 Å². The van der Waals surface area contributed by atoms with Crippen molar-refractivity contribution in [2.45, 2.75) is 32.4 Å². The van der Waals surface area contributed by atoms with E-state index >= 15 is 0 Å². The van der Waals surface area contributed by atoms with E-state index in [1.165, 1.54) is 0 Å². The number of alkyl halides is 3. The molecule has 0 aromatic carbocycles. The smallest absolute Gasteiger partial charge is 0.481 e. The first-order chi connectivity index (χ1) is 8.70. The van der Waals surface area contributed by atoms with Gasteiger partial charge in [0, 0.05) is 0 Å². The first-order valence-electron chi connectivity index (χ1n) is 5.93. The maximum Gasteiger partial charge on any atom is 0.490 e. The number of hydrogen-bond donors (Lipinski definition) is 3. The third-order valence-corrected chi connectivity index (χ3v) is 2.90. The second kappa shape index (κ2) is 7.98. The van der Waals surface area contributed by atoms with Crippen molar-refractivity contribution in [2.24, 2.45) is 11.8 Å². The molecule has 0 aromatic rings. The number of piperidine rings is 1. The van der Waals surface area contributed by atoms with Gasteiger partial charge in [0.25, 0.3) is 0 Å². The van der Waals surface area contributed by atoms with E-state index in [1.54, 1.807) is 0 Å². The molecule has 1 heterocycles. The quantitative estimate of drug-likeness (QED) is 0.735. The number of nitrogens with one attached hydrogen (secondary N) is 1. The van der Waals surface area contributed by atoms with Crippen LogP contribution in [0.25, 0.3) is 0 Å². The lowest BCUT2D eigenvalue weighted by atomic mass is 9.85. The van der Waals surface area contributed by atoms with Gasteiger partial charge in [0.15, 0.2) is 0 Å². The maximum atomic E-state index is 10.8. The summed E-state index contributed by atoms with van der Waals surface area (Å²) in [5.74, 6) is -3.18. The number of rotatable bonds is 3. The molecule has 2 atom stereocenters. The summed E-state index contributed by atoms with van der Waals surface area (Å²) in [6, 6.07) is 0. The average molecular weight is 285 g/mol. The summed E-state index contributed by atoms with van der Waals surface area (Å²) in [5, 5.41) is 19.3. The van der Waals surface area contributed by atoms with E-state index in [-0.39, 0.29) is 5.92 Å². The molecule has 0 radical (unpaired) electrons. The predicted molar refractivity (Wildman–Crippen MR) is 60.7 cm³/mol. The SMILES string of the molecule is CCC(C(=O)O)[C@H]1CCCNC1.O=C(O)C(F)(F)F. The van der Waals surface area contributed by atoms with Gasteiger partial charge < -0.3 is 15.5 Å². The zero-order chi connectivity index (χ0) is 15.1. The summed E-state index contributed by atoms with van der Waals surface area (Å²) in [6.45, 7) is 3.88. The predicted octanol–water partition coefficient (Wildman–Crippen LogP) is 1.73. The molecule has 1 rings (SSSR count). The molecule has 0 saturated carbocycles. The van der Waals surface area contributed by atoms with E-state index in [0.29, 0.717) is 5.92 Å². The summed E-state index contributed by atoms with van der Waals surface area (Å²) in [4.78, 5) is 19.7. The fourth-order valence-electron chi connectivity index (χ4n) is 1.93. The van der Waals surface area contributed by atoms with Crippen LogP contribution in [0.5, 0.6) is 0 Å². The molecule has 0 aromatic heterocycles. The minimum absolute atomic E-state index is 0.141. The van der Waals surface area contributed by atoms with Gasteiger partial charge in [-0.1, -0.05) is 6.92 Å². The molecule has 1 saturated heterocycles. The van der Waals surface area contributed by atoms with E-state index in [2.05, 4.69) is 5.32 Å². The van der Waals surface area contributed by atoms with Crippen molar-refractivity contribution < 1.29 is 33.0 Å². The largest absolute Gasteiger partial charge is 0.490 e. The van der Waals surface area contributed by atoms with Crippen molar-refractivity contribution in [2.75, 3.05) is 13.1 Å². The van der Waals surface area contributed by atoms with Crippen molar-refractivity contribution in [1.29, 1.82) is 0 Å². The molecule has 1 unspecified atom stereocenters. The van der Waals surface area contributed by atoms with Gasteiger partial charge in [0.2, 0.25) is 0 Å². The Morgan fingerprint density at radius 3 is 2.16 bits per heavy atom. The standard InChI is InChI=1S/C9H17NO2.C2HF3O2/c1-2-8(9(11)12)7-4-3-5-10-6-7;3-2(4,5)1(6)7/h7-8,10H,2-6H2,1H3,(H,11,12);(H,6,7)/t7-,8?;/m0./s1. The molecular weight excluding hydrogens is 267 g/mol. The van der Waals surface area contributed by atoms with Crippen LogP contribution >= 0.6 is 0 Å². The van der Waals surface area contributed by atoms with Crippen LogP contribution in [-0.4, -0.2) is 41.4 Å². The highest BCUT2D eigenvalue weighted by atomic mass is 19.4. The summed E-state index contributed by atoms with van der Waals surface area (Å²) in [6.07, 6.45) is -2.14. The van der Waals surface area contributed by atoms with Gasteiger partial charge in [-0.2, -0.15) is 13.2 Å². The summed E-state index contributed by atoms with van der Waals surface area (Å²) in [5.41, 5.74) is 0. The monoisotopic (exact) mass is 285 g/mol. The number of carboxylic acid groups (broad SMARTS) is 2. The van der Waals surface area contributed by atoms with E-state index in [0.717, 1.165) is 32.4 Å². The number of hydrogen-bond acceptors (Lipinski definition) is 3. The molecule has 0 bridgehead atoms. The first kappa shape index (κ1) is 17.7. The second-order valence-electron chi connectivity index (χ2n) is 4.26. The minimum atomic E-state index is -5.08. The van der Waals surface area contributed by atoms with Crippen LogP contribution in [0, 0.1) is 11.8 Å². The molecular formula is C11H18F3NO4. The number of carboxylic acids is 2. The Kier molecular flexibility index (Phi) is 7.43. The van der Waals surface area contributed by atoms with Crippen molar-refractivity contribution in [3.05, 3.63) is 0 Å². The maximum absolute atomic E-state index is 10.8. The Bertz CT molecular complexity index is 301. The Balaban J connectivity index is 0.000000399. The fraction of sp³-hybridized carbons (Fsp3) is 0.818. The first-order valence-corrected chi connectivity index (χ1v) is 5.93. The molecule has 0 spiro atoms. The minimum Gasteiger partial charge on any atom is -0.481 e. The van der Waals surface area contributed by atoms with Crippen LogP contribution in [-0.2, 0) is 9.59 Å². The van der Waals surface area contributed by atoms with Crippen LogP contribution in [0.15, 0.2) is 0 Å². The van der Waals surface area contributed by atoms with E-state index in [9.17, 15) is 18.0 Å². The molecule has 1 fully saturated rings. The lowest BCUT2D eigenvalue weighted by Crippen LogP contribution is -2.36. The molecule has 19 heavy (non-hydrogen) atoms. The van der Waals surface area contributed by atoms with Gasteiger partial charge in [-0.3, -0.25) is 4.79 Å². The van der Waals surface area contributed by atoms with Crippen molar-refractivity contribution in [3.8, 4) is 0 Å². The van der Waals surface area contributed by atoms with Crippen LogP contribution in [0.2, 0.25) is 0 Å². The van der Waals surface area contributed by atoms with Gasteiger partial charge in [0.1, 0.15) is 0 Å². The normalized spacial score (nSPS) is 20.9. The lowest BCUT2D eigenvalue weighted by molar-refractivity contribution is -0.192.